The highest BCUT2D eigenvalue weighted by atomic mass is 16.5. The number of anilines is 1. The van der Waals surface area contributed by atoms with Crippen molar-refractivity contribution >= 4 is 17.6 Å². The summed E-state index contributed by atoms with van der Waals surface area (Å²) in [5.41, 5.74) is 0.803. The fourth-order valence-corrected chi connectivity index (χ4v) is 2.85. The summed E-state index contributed by atoms with van der Waals surface area (Å²) in [4.78, 5) is 24.1. The lowest BCUT2D eigenvalue weighted by Crippen LogP contribution is -2.31. The average molecular weight is 314 g/mol. The molecule has 122 valence electrons. The molecule has 0 saturated heterocycles. The summed E-state index contributed by atoms with van der Waals surface area (Å²) < 4.78 is 5.23. The van der Waals surface area contributed by atoms with Gasteiger partial charge in [-0.25, -0.2) is 0 Å². The minimum Gasteiger partial charge on any atom is -0.453 e. The Balaban J connectivity index is 1.84. The van der Waals surface area contributed by atoms with E-state index in [0.717, 1.165) is 12.8 Å². The maximum Gasteiger partial charge on any atom is 0.306 e. The predicted molar refractivity (Wildman–Crippen MR) is 86.5 cm³/mol. The molecule has 1 fully saturated rings. The Bertz CT molecular complexity index is 601. The van der Waals surface area contributed by atoms with Gasteiger partial charge in [-0.05, 0) is 37.8 Å². The Labute approximate surface area is 136 Å². The molecular weight excluding hydrogens is 292 g/mol. The largest absolute Gasteiger partial charge is 0.453 e. The van der Waals surface area contributed by atoms with E-state index in [9.17, 15) is 9.59 Å². The number of nitrogens with one attached hydrogen (secondary N) is 1. The van der Waals surface area contributed by atoms with E-state index in [4.69, 9.17) is 10.00 Å². The Morgan fingerprint density at radius 2 is 2.00 bits per heavy atom. The second-order valence-electron chi connectivity index (χ2n) is 5.99. The van der Waals surface area contributed by atoms with E-state index in [1.165, 1.54) is 19.3 Å². The number of benzene rings is 1. The third kappa shape index (κ3) is 5.10. The highest BCUT2D eigenvalue weighted by Crippen LogP contribution is 2.26. The zero-order chi connectivity index (χ0) is 16.7. The summed E-state index contributed by atoms with van der Waals surface area (Å²) in [7, 11) is 0. The topological polar surface area (TPSA) is 79.2 Å². The van der Waals surface area contributed by atoms with Crippen LogP contribution in [0.3, 0.4) is 0 Å². The molecular formula is C18H22N2O3. The molecule has 0 aliphatic heterocycles. The molecule has 1 aliphatic carbocycles. The number of hydrogen-bond acceptors (Lipinski definition) is 4. The molecule has 0 radical (unpaired) electrons. The highest BCUT2D eigenvalue weighted by Gasteiger charge is 2.22. The molecule has 0 aromatic heterocycles. The van der Waals surface area contributed by atoms with Crippen LogP contribution in [0.15, 0.2) is 24.3 Å². The second kappa shape index (κ2) is 8.33. The van der Waals surface area contributed by atoms with Gasteiger partial charge in [0.2, 0.25) is 0 Å². The van der Waals surface area contributed by atoms with Crippen molar-refractivity contribution in [3.63, 3.8) is 0 Å². The number of esters is 1. The van der Waals surface area contributed by atoms with Gasteiger partial charge in [-0.3, -0.25) is 9.59 Å². The lowest BCUT2D eigenvalue weighted by molar-refractivity contribution is -0.154. The van der Waals surface area contributed by atoms with Crippen LogP contribution in [0, 0.1) is 17.2 Å². The van der Waals surface area contributed by atoms with E-state index in [1.807, 2.05) is 6.07 Å². The van der Waals surface area contributed by atoms with Gasteiger partial charge in [-0.15, -0.1) is 0 Å². The minimum absolute atomic E-state index is 0.326. The van der Waals surface area contributed by atoms with Crippen molar-refractivity contribution in [3.05, 3.63) is 29.8 Å². The van der Waals surface area contributed by atoms with Crippen LogP contribution in [0.5, 0.6) is 0 Å². The molecule has 1 amide bonds. The number of rotatable bonds is 5. The first-order valence-electron chi connectivity index (χ1n) is 8.09. The molecule has 1 unspecified atom stereocenters. The van der Waals surface area contributed by atoms with Crippen molar-refractivity contribution < 1.29 is 14.3 Å². The van der Waals surface area contributed by atoms with E-state index in [0.29, 0.717) is 23.6 Å². The monoisotopic (exact) mass is 314 g/mol. The fraction of sp³-hybridized carbons (Fsp3) is 0.500. The molecule has 1 aromatic carbocycles. The second-order valence-corrected chi connectivity index (χ2v) is 5.99. The van der Waals surface area contributed by atoms with Crippen molar-refractivity contribution in [2.24, 2.45) is 5.92 Å². The summed E-state index contributed by atoms with van der Waals surface area (Å²) in [6, 6.07) is 8.73. The van der Waals surface area contributed by atoms with Crippen molar-refractivity contribution in [1.82, 2.24) is 0 Å². The van der Waals surface area contributed by atoms with Gasteiger partial charge < -0.3 is 10.1 Å². The van der Waals surface area contributed by atoms with E-state index >= 15 is 0 Å². The number of nitrogens with zero attached hydrogens (tertiary/aromatic N) is 1. The van der Waals surface area contributed by atoms with Gasteiger partial charge in [-0.2, -0.15) is 5.26 Å². The van der Waals surface area contributed by atoms with Crippen LogP contribution in [-0.4, -0.2) is 18.0 Å². The number of ether oxygens (including phenoxy) is 1. The number of carbonyl (C=O) groups is 2. The third-order valence-corrected chi connectivity index (χ3v) is 4.16. The van der Waals surface area contributed by atoms with E-state index in [2.05, 4.69) is 5.32 Å². The molecule has 1 atom stereocenters. The number of carbonyl (C=O) groups excluding carboxylic acids is 2. The average Bonchev–Trinajstić information content (AvgIpc) is 2.56. The molecule has 5 nitrogen and oxygen atoms in total. The van der Waals surface area contributed by atoms with E-state index in [-0.39, 0.29) is 5.97 Å². The molecule has 1 aromatic rings. The van der Waals surface area contributed by atoms with E-state index in [1.54, 1.807) is 31.2 Å². The SMILES string of the molecule is CC(OC(=O)CC1CCCCC1)C(=O)Nc1ccccc1C#N. The number of para-hydroxylation sites is 1. The minimum atomic E-state index is -0.877. The van der Waals surface area contributed by atoms with Gasteiger partial charge in [0.05, 0.1) is 11.3 Å². The number of nitriles is 1. The van der Waals surface area contributed by atoms with Gasteiger partial charge in [0.25, 0.3) is 5.91 Å². The summed E-state index contributed by atoms with van der Waals surface area (Å²) in [6.07, 6.45) is 5.20. The van der Waals surface area contributed by atoms with Crippen LogP contribution < -0.4 is 5.32 Å². The van der Waals surface area contributed by atoms with Crippen molar-refractivity contribution in [2.45, 2.75) is 51.6 Å². The van der Waals surface area contributed by atoms with Gasteiger partial charge >= 0.3 is 5.97 Å². The zero-order valence-electron chi connectivity index (χ0n) is 13.4. The lowest BCUT2D eigenvalue weighted by atomic mass is 9.87. The maximum absolute atomic E-state index is 12.1. The van der Waals surface area contributed by atoms with Crippen LogP contribution >= 0.6 is 0 Å². The number of amides is 1. The molecule has 0 heterocycles. The Hall–Kier alpha value is -2.35. The molecule has 2 rings (SSSR count). The molecule has 1 aliphatic rings. The van der Waals surface area contributed by atoms with Crippen LogP contribution in [0.1, 0.15) is 51.0 Å². The smallest absolute Gasteiger partial charge is 0.306 e. The third-order valence-electron chi connectivity index (χ3n) is 4.16. The first-order chi connectivity index (χ1) is 11.1. The molecule has 5 heteroatoms. The summed E-state index contributed by atoms with van der Waals surface area (Å²) in [6.45, 7) is 1.54. The van der Waals surface area contributed by atoms with Crippen molar-refractivity contribution in [2.75, 3.05) is 5.32 Å². The first kappa shape index (κ1) is 17.0. The Morgan fingerprint density at radius 1 is 1.30 bits per heavy atom. The number of hydrogen-bond donors (Lipinski definition) is 1. The molecule has 1 saturated carbocycles. The van der Waals surface area contributed by atoms with Crippen LogP contribution in [-0.2, 0) is 14.3 Å². The normalized spacial score (nSPS) is 16.2. The molecule has 0 spiro atoms. The van der Waals surface area contributed by atoms with Crippen LogP contribution in [0.2, 0.25) is 0 Å². The first-order valence-corrected chi connectivity index (χ1v) is 8.09. The van der Waals surface area contributed by atoms with Gasteiger partial charge in [0.15, 0.2) is 6.10 Å². The molecule has 1 N–H and O–H groups in total. The standard InChI is InChI=1S/C18H22N2O3/c1-13(23-17(21)11-14-7-3-2-4-8-14)18(22)20-16-10-6-5-9-15(16)12-19/h5-6,9-10,13-14H,2-4,7-8,11H2,1H3,(H,20,22). The summed E-state index contributed by atoms with van der Waals surface area (Å²) in [5.74, 6) is -0.372. The van der Waals surface area contributed by atoms with Gasteiger partial charge in [-0.1, -0.05) is 31.4 Å². The van der Waals surface area contributed by atoms with Gasteiger partial charge in [0.1, 0.15) is 6.07 Å². The summed E-state index contributed by atoms with van der Waals surface area (Å²) >= 11 is 0. The zero-order valence-corrected chi connectivity index (χ0v) is 13.4. The predicted octanol–water partition coefficient (Wildman–Crippen LogP) is 3.40. The molecule has 23 heavy (non-hydrogen) atoms. The van der Waals surface area contributed by atoms with Crippen LogP contribution in [0.25, 0.3) is 0 Å². The van der Waals surface area contributed by atoms with Crippen LogP contribution in [0.4, 0.5) is 5.69 Å². The Kier molecular flexibility index (Phi) is 6.16. The molecule has 0 bridgehead atoms. The highest BCUT2D eigenvalue weighted by molar-refractivity contribution is 5.96. The summed E-state index contributed by atoms with van der Waals surface area (Å²) in [5, 5.41) is 11.6. The van der Waals surface area contributed by atoms with E-state index < -0.39 is 12.0 Å². The fourth-order valence-electron chi connectivity index (χ4n) is 2.85. The van der Waals surface area contributed by atoms with Gasteiger partial charge in [0, 0.05) is 6.42 Å². The van der Waals surface area contributed by atoms with Crippen molar-refractivity contribution in [3.8, 4) is 6.07 Å². The quantitative estimate of drug-likeness (QED) is 0.845. The maximum atomic E-state index is 12.1. The Morgan fingerprint density at radius 3 is 2.70 bits per heavy atom. The van der Waals surface area contributed by atoms with Crippen molar-refractivity contribution in [1.29, 1.82) is 5.26 Å². The lowest BCUT2D eigenvalue weighted by Gasteiger charge is -2.21.